The largest absolute Gasteiger partial charge is 0.468 e. The summed E-state index contributed by atoms with van der Waals surface area (Å²) < 4.78 is 9.91. The van der Waals surface area contributed by atoms with E-state index in [1.165, 1.54) is 7.11 Å². The molecule has 1 atom stereocenters. The maximum absolute atomic E-state index is 11.9. The SMILES string of the molecule is COC(=O)CN[C@@H]1CCCN(C(=O)OC(C)(C)C)C1. The maximum atomic E-state index is 11.9. The first-order valence-electron chi connectivity index (χ1n) is 6.60. The maximum Gasteiger partial charge on any atom is 0.410 e. The summed E-state index contributed by atoms with van der Waals surface area (Å²) in [4.78, 5) is 24.7. The minimum absolute atomic E-state index is 0.111. The predicted molar refractivity (Wildman–Crippen MR) is 70.8 cm³/mol. The molecule has 0 unspecified atom stereocenters. The molecule has 1 N–H and O–H groups in total. The Morgan fingerprint density at radius 2 is 2.05 bits per heavy atom. The molecule has 0 bridgehead atoms. The molecule has 1 fully saturated rings. The van der Waals surface area contributed by atoms with Gasteiger partial charge in [-0.25, -0.2) is 4.79 Å². The molecule has 1 amide bonds. The molecular weight excluding hydrogens is 248 g/mol. The van der Waals surface area contributed by atoms with Crippen molar-refractivity contribution in [2.75, 3.05) is 26.7 Å². The number of methoxy groups -OCH3 is 1. The van der Waals surface area contributed by atoms with E-state index in [0.29, 0.717) is 13.1 Å². The molecule has 1 saturated heterocycles. The van der Waals surface area contributed by atoms with Gasteiger partial charge in [0.05, 0.1) is 13.7 Å². The minimum Gasteiger partial charge on any atom is -0.468 e. The van der Waals surface area contributed by atoms with Gasteiger partial charge in [-0.3, -0.25) is 4.79 Å². The standard InChI is InChI=1S/C13H24N2O4/c1-13(2,3)19-12(17)15-7-5-6-10(9-15)14-8-11(16)18-4/h10,14H,5-9H2,1-4H3/t10-/m1/s1. The second-order valence-corrected chi connectivity index (χ2v) is 5.72. The van der Waals surface area contributed by atoms with E-state index in [-0.39, 0.29) is 24.6 Å². The third-order valence-electron chi connectivity index (χ3n) is 2.84. The van der Waals surface area contributed by atoms with Gasteiger partial charge in [0.25, 0.3) is 0 Å². The van der Waals surface area contributed by atoms with Crippen LogP contribution in [0.3, 0.4) is 0 Å². The van der Waals surface area contributed by atoms with Crippen molar-refractivity contribution in [1.82, 2.24) is 10.2 Å². The van der Waals surface area contributed by atoms with Gasteiger partial charge in [-0.2, -0.15) is 0 Å². The normalized spacial score (nSPS) is 20.0. The molecule has 110 valence electrons. The number of esters is 1. The summed E-state index contributed by atoms with van der Waals surface area (Å²) >= 11 is 0. The van der Waals surface area contributed by atoms with E-state index in [0.717, 1.165) is 12.8 Å². The van der Waals surface area contributed by atoms with Crippen LogP contribution in [0.2, 0.25) is 0 Å². The molecule has 0 aromatic rings. The molecule has 0 spiro atoms. The van der Waals surface area contributed by atoms with Crippen LogP contribution < -0.4 is 5.32 Å². The Hall–Kier alpha value is -1.30. The molecule has 0 aromatic heterocycles. The lowest BCUT2D eigenvalue weighted by atomic mass is 10.1. The molecule has 1 aliphatic heterocycles. The van der Waals surface area contributed by atoms with E-state index in [9.17, 15) is 9.59 Å². The number of amides is 1. The van der Waals surface area contributed by atoms with Crippen molar-refractivity contribution in [1.29, 1.82) is 0 Å². The number of piperidine rings is 1. The molecule has 1 aliphatic rings. The Bertz CT molecular complexity index is 325. The van der Waals surface area contributed by atoms with Crippen LogP contribution in [0.1, 0.15) is 33.6 Å². The van der Waals surface area contributed by atoms with Crippen LogP contribution in [0.4, 0.5) is 4.79 Å². The van der Waals surface area contributed by atoms with E-state index in [1.807, 2.05) is 20.8 Å². The molecular formula is C13H24N2O4. The van der Waals surface area contributed by atoms with Crippen molar-refractivity contribution in [2.45, 2.75) is 45.3 Å². The van der Waals surface area contributed by atoms with Gasteiger partial charge < -0.3 is 19.7 Å². The number of hydrogen-bond donors (Lipinski definition) is 1. The van der Waals surface area contributed by atoms with Gasteiger partial charge in [-0.15, -0.1) is 0 Å². The smallest absolute Gasteiger partial charge is 0.410 e. The first-order chi connectivity index (χ1) is 8.81. The van der Waals surface area contributed by atoms with E-state index >= 15 is 0 Å². The summed E-state index contributed by atoms with van der Waals surface area (Å²) in [5, 5.41) is 3.10. The number of likely N-dealkylation sites (tertiary alicyclic amines) is 1. The first kappa shape index (κ1) is 15.8. The lowest BCUT2D eigenvalue weighted by molar-refractivity contribution is -0.139. The summed E-state index contributed by atoms with van der Waals surface area (Å²) in [7, 11) is 1.36. The lowest BCUT2D eigenvalue weighted by Gasteiger charge is -2.34. The fourth-order valence-electron chi connectivity index (χ4n) is 1.94. The van der Waals surface area contributed by atoms with Crippen molar-refractivity contribution < 1.29 is 19.1 Å². The van der Waals surface area contributed by atoms with Crippen molar-refractivity contribution in [3.05, 3.63) is 0 Å². The number of hydrogen-bond acceptors (Lipinski definition) is 5. The van der Waals surface area contributed by atoms with Crippen LogP contribution >= 0.6 is 0 Å². The summed E-state index contributed by atoms with van der Waals surface area (Å²) in [5.41, 5.74) is -0.483. The summed E-state index contributed by atoms with van der Waals surface area (Å²) in [6.07, 6.45) is 1.55. The van der Waals surface area contributed by atoms with Gasteiger partial charge >= 0.3 is 12.1 Å². The highest BCUT2D eigenvalue weighted by Crippen LogP contribution is 2.15. The van der Waals surface area contributed by atoms with Crippen LogP contribution in [-0.2, 0) is 14.3 Å². The van der Waals surface area contributed by atoms with Crippen molar-refractivity contribution >= 4 is 12.1 Å². The molecule has 6 nitrogen and oxygen atoms in total. The zero-order valence-corrected chi connectivity index (χ0v) is 12.2. The third-order valence-corrected chi connectivity index (χ3v) is 2.84. The monoisotopic (exact) mass is 272 g/mol. The quantitative estimate of drug-likeness (QED) is 0.781. The molecule has 1 heterocycles. The van der Waals surface area contributed by atoms with Gasteiger partial charge in [0.2, 0.25) is 0 Å². The Balaban J connectivity index is 2.41. The summed E-state index contributed by atoms with van der Waals surface area (Å²) in [6.45, 7) is 6.98. The zero-order chi connectivity index (χ0) is 14.5. The van der Waals surface area contributed by atoms with E-state index in [1.54, 1.807) is 4.90 Å². The summed E-state index contributed by atoms with van der Waals surface area (Å²) in [6, 6.07) is 0.111. The van der Waals surface area contributed by atoms with Crippen LogP contribution in [0.15, 0.2) is 0 Å². The molecule has 0 aromatic carbocycles. The average Bonchev–Trinajstić information content (AvgIpc) is 2.34. The van der Waals surface area contributed by atoms with Crippen molar-refractivity contribution in [3.8, 4) is 0 Å². The van der Waals surface area contributed by atoms with Gasteiger partial charge in [0.15, 0.2) is 0 Å². The van der Waals surface area contributed by atoms with Gasteiger partial charge in [0.1, 0.15) is 5.60 Å². The number of rotatable bonds is 3. The highest BCUT2D eigenvalue weighted by atomic mass is 16.6. The molecule has 0 saturated carbocycles. The van der Waals surface area contributed by atoms with E-state index in [2.05, 4.69) is 10.1 Å². The fraction of sp³-hybridized carbons (Fsp3) is 0.846. The predicted octanol–water partition coefficient (Wildman–Crippen LogP) is 1.15. The first-order valence-corrected chi connectivity index (χ1v) is 6.60. The highest BCUT2D eigenvalue weighted by Gasteiger charge is 2.27. The van der Waals surface area contributed by atoms with Crippen LogP contribution in [-0.4, -0.2) is 55.3 Å². The second kappa shape index (κ2) is 6.75. The lowest BCUT2D eigenvalue weighted by Crippen LogP contribution is -2.50. The highest BCUT2D eigenvalue weighted by molar-refractivity contribution is 5.71. The topological polar surface area (TPSA) is 67.9 Å². The number of nitrogens with zero attached hydrogens (tertiary/aromatic N) is 1. The van der Waals surface area contributed by atoms with E-state index in [4.69, 9.17) is 4.74 Å². The number of nitrogens with one attached hydrogen (secondary N) is 1. The van der Waals surface area contributed by atoms with E-state index < -0.39 is 5.60 Å². The van der Waals surface area contributed by atoms with Gasteiger partial charge in [0, 0.05) is 19.1 Å². The van der Waals surface area contributed by atoms with Crippen molar-refractivity contribution in [2.24, 2.45) is 0 Å². The van der Waals surface area contributed by atoms with Gasteiger partial charge in [-0.1, -0.05) is 0 Å². The Morgan fingerprint density at radius 1 is 1.37 bits per heavy atom. The number of carbonyl (C=O) groups is 2. The Morgan fingerprint density at radius 3 is 2.63 bits per heavy atom. The van der Waals surface area contributed by atoms with Crippen LogP contribution in [0.25, 0.3) is 0 Å². The molecule has 0 radical (unpaired) electrons. The zero-order valence-electron chi connectivity index (χ0n) is 12.2. The van der Waals surface area contributed by atoms with Crippen molar-refractivity contribution in [3.63, 3.8) is 0 Å². The molecule has 1 rings (SSSR count). The number of carbonyl (C=O) groups excluding carboxylic acids is 2. The number of ether oxygens (including phenoxy) is 2. The average molecular weight is 272 g/mol. The Kier molecular flexibility index (Phi) is 5.60. The third kappa shape index (κ3) is 5.92. The Labute approximate surface area is 114 Å². The van der Waals surface area contributed by atoms with Gasteiger partial charge in [-0.05, 0) is 33.6 Å². The summed E-state index contributed by atoms with van der Waals surface area (Å²) in [5.74, 6) is -0.297. The van der Waals surface area contributed by atoms with Crippen LogP contribution in [0, 0.1) is 0 Å². The molecule has 19 heavy (non-hydrogen) atoms. The minimum atomic E-state index is -0.483. The molecule has 0 aliphatic carbocycles. The molecule has 6 heteroatoms. The fourth-order valence-corrected chi connectivity index (χ4v) is 1.94. The second-order valence-electron chi connectivity index (χ2n) is 5.72. The van der Waals surface area contributed by atoms with Crippen LogP contribution in [0.5, 0.6) is 0 Å².